The van der Waals surface area contributed by atoms with E-state index in [2.05, 4.69) is 17.3 Å². The number of rotatable bonds is 6. The maximum absolute atomic E-state index is 13.2. The van der Waals surface area contributed by atoms with Gasteiger partial charge in [0.15, 0.2) is 0 Å². The number of carbonyl (C=O) groups is 1. The smallest absolute Gasteiger partial charge is 0.246 e. The van der Waals surface area contributed by atoms with E-state index in [4.69, 9.17) is 5.26 Å². The highest BCUT2D eigenvalue weighted by Gasteiger charge is 2.32. The number of hydrogen-bond donors (Lipinski definition) is 1. The summed E-state index contributed by atoms with van der Waals surface area (Å²) < 4.78 is 29.4. The van der Waals surface area contributed by atoms with Gasteiger partial charge in [-0.3, -0.25) is 9.48 Å². The molecule has 1 aliphatic rings. The number of anilines is 1. The molecule has 8 nitrogen and oxygen atoms in total. The Hall–Kier alpha value is -2.70. The van der Waals surface area contributed by atoms with Gasteiger partial charge in [-0.15, -0.1) is 0 Å². The third-order valence-electron chi connectivity index (χ3n) is 5.48. The van der Waals surface area contributed by atoms with Crippen LogP contribution in [0.5, 0.6) is 0 Å². The number of nitriles is 1. The van der Waals surface area contributed by atoms with Crippen molar-refractivity contribution in [1.29, 1.82) is 5.26 Å². The summed E-state index contributed by atoms with van der Waals surface area (Å²) >= 11 is 0. The lowest BCUT2D eigenvalue weighted by atomic mass is 10.0. The summed E-state index contributed by atoms with van der Waals surface area (Å²) in [6.45, 7) is 6.88. The molecule has 1 fully saturated rings. The Labute approximate surface area is 177 Å². The van der Waals surface area contributed by atoms with E-state index in [1.54, 1.807) is 47.1 Å². The Balaban J connectivity index is 1.69. The maximum Gasteiger partial charge on any atom is 0.246 e. The predicted molar refractivity (Wildman–Crippen MR) is 113 cm³/mol. The summed E-state index contributed by atoms with van der Waals surface area (Å²) in [6.07, 6.45) is 1.86. The molecule has 2 aromatic rings. The molecule has 1 aromatic carbocycles. The maximum atomic E-state index is 13.2. The Kier molecular flexibility index (Phi) is 6.58. The predicted octanol–water partition coefficient (Wildman–Crippen LogP) is 2.82. The Morgan fingerprint density at radius 2 is 2.00 bits per heavy atom. The van der Waals surface area contributed by atoms with E-state index < -0.39 is 10.0 Å². The molecule has 0 spiro atoms. The highest BCUT2D eigenvalue weighted by Crippen LogP contribution is 2.27. The van der Waals surface area contributed by atoms with Crippen molar-refractivity contribution < 1.29 is 13.2 Å². The molecule has 1 aliphatic heterocycles. The Morgan fingerprint density at radius 3 is 2.67 bits per heavy atom. The average molecular weight is 430 g/mol. The first-order valence-corrected chi connectivity index (χ1v) is 11.5. The summed E-state index contributed by atoms with van der Waals surface area (Å²) in [6, 6.07) is 8.71. The summed E-state index contributed by atoms with van der Waals surface area (Å²) in [4.78, 5) is 12.6. The molecule has 9 heteroatoms. The van der Waals surface area contributed by atoms with Crippen LogP contribution in [0.3, 0.4) is 0 Å². The Bertz CT molecular complexity index is 1080. The van der Waals surface area contributed by atoms with Crippen LogP contribution >= 0.6 is 0 Å². The second-order valence-electron chi connectivity index (χ2n) is 7.80. The molecular weight excluding hydrogens is 402 g/mol. The quantitative estimate of drug-likeness (QED) is 0.760. The second kappa shape index (κ2) is 8.98. The van der Waals surface area contributed by atoms with Gasteiger partial charge in [0, 0.05) is 25.2 Å². The van der Waals surface area contributed by atoms with E-state index >= 15 is 0 Å². The summed E-state index contributed by atoms with van der Waals surface area (Å²) in [5, 5.41) is 16.1. The van der Waals surface area contributed by atoms with Crippen molar-refractivity contribution >= 4 is 21.6 Å². The fraction of sp³-hybridized carbons (Fsp3) is 0.476. The topological polar surface area (TPSA) is 108 Å². The molecule has 0 aliphatic carbocycles. The van der Waals surface area contributed by atoms with Crippen LogP contribution in [0.4, 0.5) is 5.69 Å². The van der Waals surface area contributed by atoms with Crippen LogP contribution in [0.25, 0.3) is 0 Å². The molecule has 30 heavy (non-hydrogen) atoms. The van der Waals surface area contributed by atoms with Crippen molar-refractivity contribution in [2.45, 2.75) is 51.5 Å². The minimum Gasteiger partial charge on any atom is -0.326 e. The third-order valence-corrected chi connectivity index (χ3v) is 7.63. The molecule has 1 amide bonds. The lowest BCUT2D eigenvalue weighted by Gasteiger charge is -2.29. The molecule has 1 saturated heterocycles. The first-order chi connectivity index (χ1) is 14.2. The number of aromatic nitrogens is 2. The molecule has 0 bridgehead atoms. The van der Waals surface area contributed by atoms with Crippen LogP contribution in [-0.4, -0.2) is 41.5 Å². The van der Waals surface area contributed by atoms with Gasteiger partial charge in [-0.2, -0.15) is 14.7 Å². The van der Waals surface area contributed by atoms with Gasteiger partial charge in [0.2, 0.25) is 15.9 Å². The van der Waals surface area contributed by atoms with Crippen molar-refractivity contribution in [3.05, 3.63) is 41.2 Å². The fourth-order valence-electron chi connectivity index (χ4n) is 3.72. The van der Waals surface area contributed by atoms with Gasteiger partial charge in [-0.1, -0.05) is 13.0 Å². The first kappa shape index (κ1) is 22.0. The van der Waals surface area contributed by atoms with Gasteiger partial charge in [-0.05, 0) is 50.8 Å². The van der Waals surface area contributed by atoms with Crippen molar-refractivity contribution in [2.75, 3.05) is 18.4 Å². The first-order valence-electron chi connectivity index (χ1n) is 10.1. The molecule has 1 N–H and O–H groups in total. The summed E-state index contributed by atoms with van der Waals surface area (Å²) in [7, 11) is -3.60. The van der Waals surface area contributed by atoms with Crippen LogP contribution in [0.2, 0.25) is 0 Å². The standard InChI is InChI=1S/C21H27N5O3S/c1-15-7-10-25(11-8-15)30(28,29)21-16(2)24-26(17(21)3)12-9-20(27)23-19-6-4-5-18(13-19)14-22/h4-6,13,15H,7-12H2,1-3H3,(H,23,27). The number of piperidine rings is 1. The molecular formula is C21H27N5O3S. The van der Waals surface area contributed by atoms with E-state index in [1.165, 1.54) is 0 Å². The van der Waals surface area contributed by atoms with Gasteiger partial charge in [0.05, 0.1) is 29.6 Å². The van der Waals surface area contributed by atoms with E-state index in [9.17, 15) is 13.2 Å². The van der Waals surface area contributed by atoms with Gasteiger partial charge < -0.3 is 5.32 Å². The zero-order valence-corrected chi connectivity index (χ0v) is 18.4. The number of benzene rings is 1. The lowest BCUT2D eigenvalue weighted by Crippen LogP contribution is -2.38. The minimum absolute atomic E-state index is 0.138. The van der Waals surface area contributed by atoms with E-state index in [0.29, 0.717) is 41.6 Å². The number of aryl methyl sites for hydroxylation is 2. The average Bonchev–Trinajstić information content (AvgIpc) is 3.00. The van der Waals surface area contributed by atoms with Crippen molar-refractivity contribution in [1.82, 2.24) is 14.1 Å². The molecule has 160 valence electrons. The van der Waals surface area contributed by atoms with Crippen molar-refractivity contribution in [3.8, 4) is 6.07 Å². The number of sulfonamides is 1. The fourth-order valence-corrected chi connectivity index (χ4v) is 5.57. The summed E-state index contributed by atoms with van der Waals surface area (Å²) in [5.74, 6) is 0.306. The number of nitrogens with one attached hydrogen (secondary N) is 1. The van der Waals surface area contributed by atoms with Gasteiger partial charge >= 0.3 is 0 Å². The molecule has 2 heterocycles. The van der Waals surface area contributed by atoms with Crippen LogP contribution in [0.15, 0.2) is 29.2 Å². The highest BCUT2D eigenvalue weighted by atomic mass is 32.2. The van der Waals surface area contributed by atoms with Crippen LogP contribution in [0.1, 0.15) is 43.1 Å². The number of hydrogen-bond acceptors (Lipinski definition) is 5. The Morgan fingerprint density at radius 1 is 1.30 bits per heavy atom. The highest BCUT2D eigenvalue weighted by molar-refractivity contribution is 7.89. The molecule has 0 radical (unpaired) electrons. The third kappa shape index (κ3) is 4.71. The molecule has 0 unspecified atom stereocenters. The minimum atomic E-state index is -3.60. The van der Waals surface area contributed by atoms with Gasteiger partial charge in [-0.25, -0.2) is 8.42 Å². The van der Waals surface area contributed by atoms with Crippen LogP contribution < -0.4 is 5.32 Å². The number of amides is 1. The lowest BCUT2D eigenvalue weighted by molar-refractivity contribution is -0.116. The van der Waals surface area contributed by atoms with E-state index in [1.807, 2.05) is 6.07 Å². The SMILES string of the molecule is Cc1nn(CCC(=O)Nc2cccc(C#N)c2)c(C)c1S(=O)(=O)N1CCC(C)CC1. The zero-order chi connectivity index (χ0) is 21.9. The van der Waals surface area contributed by atoms with E-state index in [0.717, 1.165) is 12.8 Å². The number of carbonyl (C=O) groups excluding carboxylic acids is 1. The normalized spacial score (nSPS) is 15.7. The van der Waals surface area contributed by atoms with Crippen LogP contribution in [-0.2, 0) is 21.4 Å². The van der Waals surface area contributed by atoms with Gasteiger partial charge in [0.1, 0.15) is 4.90 Å². The van der Waals surface area contributed by atoms with Gasteiger partial charge in [0.25, 0.3) is 0 Å². The summed E-state index contributed by atoms with van der Waals surface area (Å²) in [5.41, 5.74) is 2.02. The molecule has 3 rings (SSSR count). The molecule has 0 saturated carbocycles. The zero-order valence-electron chi connectivity index (χ0n) is 17.6. The number of nitrogens with zero attached hydrogens (tertiary/aromatic N) is 4. The molecule has 1 aromatic heterocycles. The second-order valence-corrected chi connectivity index (χ2v) is 9.68. The van der Waals surface area contributed by atoms with E-state index in [-0.39, 0.29) is 23.8 Å². The monoisotopic (exact) mass is 429 g/mol. The largest absolute Gasteiger partial charge is 0.326 e. The van der Waals surface area contributed by atoms with Crippen molar-refractivity contribution in [3.63, 3.8) is 0 Å². The molecule has 0 atom stereocenters. The van der Waals surface area contributed by atoms with Crippen LogP contribution in [0, 0.1) is 31.1 Å². The van der Waals surface area contributed by atoms with Crippen molar-refractivity contribution in [2.24, 2.45) is 5.92 Å².